The number of tetrazole rings is 1. The van der Waals surface area contributed by atoms with Crippen molar-refractivity contribution < 1.29 is 19.8 Å². The van der Waals surface area contributed by atoms with E-state index < -0.39 is 24.0 Å². The second-order valence-electron chi connectivity index (χ2n) is 10.1. The maximum atomic E-state index is 12.0. The van der Waals surface area contributed by atoms with Crippen molar-refractivity contribution in [2.75, 3.05) is 19.6 Å². The Labute approximate surface area is 198 Å². The fraction of sp³-hybridized carbons (Fsp3) is 0.625. The summed E-state index contributed by atoms with van der Waals surface area (Å²) in [6.07, 6.45) is 4.80. The van der Waals surface area contributed by atoms with E-state index in [-0.39, 0.29) is 6.04 Å². The van der Waals surface area contributed by atoms with Crippen LogP contribution in [0.4, 0.5) is 0 Å². The Bertz CT molecular complexity index is 1010. The van der Waals surface area contributed by atoms with Gasteiger partial charge in [0.15, 0.2) is 5.82 Å². The zero-order valence-corrected chi connectivity index (χ0v) is 19.2. The number of aliphatic carboxylic acids is 2. The van der Waals surface area contributed by atoms with Gasteiger partial charge >= 0.3 is 11.9 Å². The highest BCUT2D eigenvalue weighted by Gasteiger charge is 2.42. The van der Waals surface area contributed by atoms with Gasteiger partial charge in [0.05, 0.1) is 6.04 Å². The number of nitrogens with one attached hydrogen (secondary N) is 1. The van der Waals surface area contributed by atoms with E-state index >= 15 is 0 Å². The molecule has 182 valence electrons. The average Bonchev–Trinajstić information content (AvgIpc) is 3.46. The van der Waals surface area contributed by atoms with Crippen molar-refractivity contribution in [2.45, 2.75) is 56.7 Å². The molecule has 1 aromatic carbocycles. The smallest absolute Gasteiger partial charge is 0.321 e. The summed E-state index contributed by atoms with van der Waals surface area (Å²) in [7, 11) is 0. The van der Waals surface area contributed by atoms with E-state index in [1.54, 1.807) is 4.80 Å². The molecule has 5 rings (SSSR count). The highest BCUT2D eigenvalue weighted by Crippen LogP contribution is 2.40. The molecule has 1 saturated carbocycles. The van der Waals surface area contributed by atoms with Gasteiger partial charge in [0.2, 0.25) is 0 Å². The Kier molecular flexibility index (Phi) is 6.60. The van der Waals surface area contributed by atoms with Crippen LogP contribution in [0.15, 0.2) is 30.3 Å². The van der Waals surface area contributed by atoms with Gasteiger partial charge < -0.3 is 15.5 Å². The van der Waals surface area contributed by atoms with Crippen LogP contribution in [0.2, 0.25) is 0 Å². The first-order valence-corrected chi connectivity index (χ1v) is 12.2. The van der Waals surface area contributed by atoms with Gasteiger partial charge in [-0.05, 0) is 67.2 Å². The quantitative estimate of drug-likeness (QED) is 0.552. The van der Waals surface area contributed by atoms with Crippen LogP contribution in [0, 0.1) is 17.8 Å². The van der Waals surface area contributed by atoms with Crippen molar-refractivity contribution in [3.05, 3.63) is 41.7 Å². The van der Waals surface area contributed by atoms with Crippen molar-refractivity contribution in [3.63, 3.8) is 0 Å². The molecule has 0 radical (unpaired) electrons. The monoisotopic (exact) mass is 468 g/mol. The lowest BCUT2D eigenvalue weighted by atomic mass is 9.69. The zero-order valence-electron chi connectivity index (χ0n) is 19.2. The molecule has 10 heteroatoms. The van der Waals surface area contributed by atoms with Crippen molar-refractivity contribution in [1.82, 2.24) is 30.4 Å². The number of hydrogen-bond acceptors (Lipinski definition) is 7. The van der Waals surface area contributed by atoms with E-state index in [0.717, 1.165) is 31.4 Å². The van der Waals surface area contributed by atoms with Crippen molar-refractivity contribution in [2.24, 2.45) is 17.8 Å². The third-order valence-electron chi connectivity index (χ3n) is 7.87. The van der Waals surface area contributed by atoms with Crippen LogP contribution in [-0.2, 0) is 16.0 Å². The first-order chi connectivity index (χ1) is 16.5. The van der Waals surface area contributed by atoms with Crippen LogP contribution in [0.1, 0.15) is 49.5 Å². The predicted molar refractivity (Wildman–Crippen MR) is 122 cm³/mol. The number of piperidine rings is 1. The van der Waals surface area contributed by atoms with Crippen molar-refractivity contribution in [3.8, 4) is 0 Å². The summed E-state index contributed by atoms with van der Waals surface area (Å²) < 4.78 is 0. The Morgan fingerprint density at radius 2 is 1.85 bits per heavy atom. The van der Waals surface area contributed by atoms with Gasteiger partial charge in [0, 0.05) is 19.5 Å². The molecular formula is C24H32N6O4. The van der Waals surface area contributed by atoms with Crippen LogP contribution >= 0.6 is 0 Å². The highest BCUT2D eigenvalue weighted by molar-refractivity contribution is 5.74. The Morgan fingerprint density at radius 1 is 1.03 bits per heavy atom. The molecule has 0 amide bonds. The third kappa shape index (κ3) is 4.97. The summed E-state index contributed by atoms with van der Waals surface area (Å²) >= 11 is 0. The average molecular weight is 469 g/mol. The van der Waals surface area contributed by atoms with Crippen molar-refractivity contribution >= 4 is 11.9 Å². The number of aromatic nitrogens is 4. The van der Waals surface area contributed by atoms with Gasteiger partial charge in [0.1, 0.15) is 12.1 Å². The number of likely N-dealkylation sites (tertiary alicyclic amines) is 1. The van der Waals surface area contributed by atoms with Crippen LogP contribution in [0.3, 0.4) is 0 Å². The predicted octanol–water partition coefficient (Wildman–Crippen LogP) is 1.44. The number of hydrogen-bond donors (Lipinski definition) is 3. The molecular weight excluding hydrogens is 436 g/mol. The maximum absolute atomic E-state index is 12.0. The number of fused-ring (bicyclic) bond motifs is 1. The van der Waals surface area contributed by atoms with E-state index in [9.17, 15) is 19.8 Å². The summed E-state index contributed by atoms with van der Waals surface area (Å²) in [6.45, 7) is 2.07. The topological polar surface area (TPSA) is 133 Å². The number of carboxylic acids is 2. The summed E-state index contributed by atoms with van der Waals surface area (Å²) in [5, 5.41) is 35.4. The summed E-state index contributed by atoms with van der Waals surface area (Å²) in [4.78, 5) is 27.1. The van der Waals surface area contributed by atoms with E-state index in [2.05, 4.69) is 25.6 Å². The third-order valence-corrected chi connectivity index (χ3v) is 7.87. The largest absolute Gasteiger partial charge is 0.480 e. The van der Waals surface area contributed by atoms with Gasteiger partial charge in [0.25, 0.3) is 0 Å². The summed E-state index contributed by atoms with van der Waals surface area (Å²) in [6, 6.07) is 8.82. The van der Waals surface area contributed by atoms with E-state index in [1.807, 2.05) is 30.3 Å². The van der Waals surface area contributed by atoms with Crippen LogP contribution in [0.25, 0.3) is 0 Å². The lowest BCUT2D eigenvalue weighted by Gasteiger charge is -2.42. The minimum Gasteiger partial charge on any atom is -0.480 e. The molecule has 2 aliphatic heterocycles. The molecule has 2 aromatic rings. The summed E-state index contributed by atoms with van der Waals surface area (Å²) in [5.41, 5.74) is 1.11. The second-order valence-corrected chi connectivity index (χ2v) is 10.1. The van der Waals surface area contributed by atoms with Gasteiger partial charge in [-0.3, -0.25) is 14.5 Å². The van der Waals surface area contributed by atoms with Gasteiger partial charge in [-0.15, -0.1) is 10.2 Å². The molecule has 2 saturated heterocycles. The second kappa shape index (κ2) is 9.79. The number of benzene rings is 1. The number of rotatable bonds is 7. The van der Waals surface area contributed by atoms with Crippen LogP contribution < -0.4 is 5.32 Å². The SMILES string of the molecule is O=C(O)[C@@H]1C[C@H]2C[C@@H](CN3C[C@@H](n4nnc(Cc5ccccc5)n4)C[C@H]3C(=O)O)CC[C@H]2CN1. The number of nitrogens with zero attached hydrogens (tertiary/aromatic N) is 5. The standard InChI is InChI=1S/C24H32N6O4/c31-23(32)20-10-18-8-16(6-7-17(18)12-25-20)13-29-14-19(11-21(29)24(33)34)30-27-22(26-28-30)9-15-4-2-1-3-5-15/h1-5,16-21,25H,6-14H2,(H,31,32)(H,33,34)/t16-,17-,18+,19-,20-,21-/m0/s1. The maximum Gasteiger partial charge on any atom is 0.321 e. The Hall–Kier alpha value is -2.85. The molecule has 6 atom stereocenters. The Balaban J connectivity index is 1.21. The molecule has 0 unspecified atom stereocenters. The van der Waals surface area contributed by atoms with Crippen molar-refractivity contribution in [1.29, 1.82) is 0 Å². The first kappa shape index (κ1) is 22.9. The molecule has 10 nitrogen and oxygen atoms in total. The highest BCUT2D eigenvalue weighted by atomic mass is 16.4. The molecule has 3 N–H and O–H groups in total. The minimum absolute atomic E-state index is 0.121. The fourth-order valence-corrected chi connectivity index (χ4v) is 6.11. The van der Waals surface area contributed by atoms with E-state index in [1.165, 1.54) is 0 Å². The summed E-state index contributed by atoms with van der Waals surface area (Å²) in [5.74, 6) is 0.339. The Morgan fingerprint density at radius 3 is 2.62 bits per heavy atom. The fourth-order valence-electron chi connectivity index (χ4n) is 6.11. The normalized spacial score (nSPS) is 31.8. The first-order valence-electron chi connectivity index (χ1n) is 12.2. The van der Waals surface area contributed by atoms with Gasteiger partial charge in [-0.1, -0.05) is 30.3 Å². The van der Waals surface area contributed by atoms with Gasteiger partial charge in [-0.2, -0.15) is 4.80 Å². The minimum atomic E-state index is -0.811. The molecule has 0 spiro atoms. The van der Waals surface area contributed by atoms with Gasteiger partial charge in [-0.25, -0.2) is 0 Å². The number of carboxylic acid groups (broad SMARTS) is 2. The molecule has 0 bridgehead atoms. The molecule has 34 heavy (non-hydrogen) atoms. The molecule has 3 heterocycles. The van der Waals surface area contributed by atoms with E-state index in [4.69, 9.17) is 0 Å². The zero-order chi connectivity index (χ0) is 23.7. The number of carbonyl (C=O) groups is 2. The van der Waals surface area contributed by atoms with Crippen LogP contribution in [-0.4, -0.2) is 79.0 Å². The molecule has 1 aliphatic carbocycles. The van der Waals surface area contributed by atoms with Crippen LogP contribution in [0.5, 0.6) is 0 Å². The van der Waals surface area contributed by atoms with E-state index in [0.29, 0.717) is 55.9 Å². The lowest BCUT2D eigenvalue weighted by molar-refractivity contribution is -0.143. The molecule has 1 aromatic heterocycles. The molecule has 3 fully saturated rings. The lowest BCUT2D eigenvalue weighted by Crippen LogP contribution is -2.50. The molecule has 3 aliphatic rings.